The normalized spacial score (nSPS) is 13.7. The van der Waals surface area contributed by atoms with Crippen LogP contribution in [0.3, 0.4) is 0 Å². The molecule has 9 heteroatoms. The third-order valence-electron chi connectivity index (χ3n) is 5.72. The van der Waals surface area contributed by atoms with Gasteiger partial charge in [-0.25, -0.2) is 4.98 Å². The molecule has 0 saturated carbocycles. The lowest BCUT2D eigenvalue weighted by Crippen LogP contribution is -2.36. The Labute approximate surface area is 195 Å². The molecule has 1 fully saturated rings. The molecule has 1 aliphatic heterocycles. The molecule has 1 amide bonds. The summed E-state index contributed by atoms with van der Waals surface area (Å²) in [5.41, 5.74) is 4.51. The molecule has 0 radical (unpaired) electrons. The molecule has 0 atom stereocenters. The highest BCUT2D eigenvalue weighted by Gasteiger charge is 2.23. The van der Waals surface area contributed by atoms with Gasteiger partial charge < -0.3 is 19.4 Å². The Balaban J connectivity index is 1.33. The van der Waals surface area contributed by atoms with Crippen molar-refractivity contribution in [2.45, 2.75) is 6.92 Å². The number of fused-ring (bicyclic) bond motifs is 1. The van der Waals surface area contributed by atoms with Crippen molar-refractivity contribution in [2.75, 3.05) is 36.5 Å². The van der Waals surface area contributed by atoms with E-state index >= 15 is 0 Å². The lowest BCUT2D eigenvalue weighted by molar-refractivity contribution is -0.384. The number of nitro benzene ring substituents is 1. The van der Waals surface area contributed by atoms with E-state index in [0.29, 0.717) is 43.6 Å². The maximum atomic E-state index is 12.8. The lowest BCUT2D eigenvalue weighted by atomic mass is 10.1. The van der Waals surface area contributed by atoms with Crippen LogP contribution in [0.2, 0.25) is 0 Å². The number of oxazole rings is 1. The van der Waals surface area contributed by atoms with Crippen LogP contribution in [0.1, 0.15) is 15.9 Å². The number of hydrogen-bond donors (Lipinski definition) is 1. The SMILES string of the molecule is Cc1ccc2nc(-c3ccc(NC(=O)c4ccc(N5CCOCC5)c([N+](=O)[O-])c4)cc3)oc2c1. The average molecular weight is 458 g/mol. The van der Waals surface area contributed by atoms with Crippen molar-refractivity contribution < 1.29 is 18.9 Å². The summed E-state index contributed by atoms with van der Waals surface area (Å²) in [5, 5.41) is 14.4. The van der Waals surface area contributed by atoms with E-state index in [9.17, 15) is 14.9 Å². The number of carbonyl (C=O) groups is 1. The standard InChI is InChI=1S/C25H22N4O5/c1-16-2-8-20-23(14-16)34-25(27-20)17-3-6-19(7-4-17)26-24(30)18-5-9-21(22(15-18)29(31)32)28-10-12-33-13-11-28/h2-9,14-15H,10-13H2,1H3,(H,26,30). The molecule has 3 aromatic carbocycles. The highest BCUT2D eigenvalue weighted by molar-refractivity contribution is 6.05. The fraction of sp³-hybridized carbons (Fsp3) is 0.200. The molecule has 1 saturated heterocycles. The zero-order chi connectivity index (χ0) is 23.7. The third kappa shape index (κ3) is 4.33. The minimum atomic E-state index is -0.460. The van der Waals surface area contributed by atoms with Crippen molar-refractivity contribution in [3.05, 3.63) is 81.9 Å². The maximum Gasteiger partial charge on any atom is 0.293 e. The topological polar surface area (TPSA) is 111 Å². The number of nitrogens with zero attached hydrogens (tertiary/aromatic N) is 3. The number of nitro groups is 1. The number of aromatic nitrogens is 1. The molecular weight excluding hydrogens is 436 g/mol. The number of anilines is 2. The molecule has 172 valence electrons. The second kappa shape index (κ2) is 8.95. The van der Waals surface area contributed by atoms with E-state index in [4.69, 9.17) is 9.15 Å². The summed E-state index contributed by atoms with van der Waals surface area (Å²) in [6.07, 6.45) is 0. The van der Waals surface area contributed by atoms with Crippen LogP contribution in [0.4, 0.5) is 17.1 Å². The molecule has 5 rings (SSSR count). The lowest BCUT2D eigenvalue weighted by Gasteiger charge is -2.28. The Morgan fingerprint density at radius 1 is 1.06 bits per heavy atom. The van der Waals surface area contributed by atoms with Gasteiger partial charge in [-0.05, 0) is 61.0 Å². The number of aryl methyl sites for hydroxylation is 1. The number of morpholine rings is 1. The van der Waals surface area contributed by atoms with E-state index in [1.807, 2.05) is 30.0 Å². The van der Waals surface area contributed by atoms with Crippen LogP contribution in [-0.4, -0.2) is 42.1 Å². The summed E-state index contributed by atoms with van der Waals surface area (Å²) < 4.78 is 11.2. The number of ether oxygens (including phenoxy) is 1. The van der Waals surface area contributed by atoms with Crippen LogP contribution >= 0.6 is 0 Å². The van der Waals surface area contributed by atoms with Crippen LogP contribution in [0.25, 0.3) is 22.6 Å². The number of amides is 1. The minimum Gasteiger partial charge on any atom is -0.436 e. The van der Waals surface area contributed by atoms with Gasteiger partial charge in [0.05, 0.1) is 18.1 Å². The van der Waals surface area contributed by atoms with Crippen molar-refractivity contribution >= 4 is 34.1 Å². The van der Waals surface area contributed by atoms with Gasteiger partial charge in [0.15, 0.2) is 5.58 Å². The first-order chi connectivity index (χ1) is 16.5. The highest BCUT2D eigenvalue weighted by atomic mass is 16.6. The van der Waals surface area contributed by atoms with Gasteiger partial charge in [-0.3, -0.25) is 14.9 Å². The number of benzene rings is 3. The smallest absolute Gasteiger partial charge is 0.293 e. The Morgan fingerprint density at radius 3 is 2.56 bits per heavy atom. The van der Waals surface area contributed by atoms with E-state index in [2.05, 4.69) is 10.3 Å². The summed E-state index contributed by atoms with van der Waals surface area (Å²) in [6, 6.07) is 17.4. The first kappa shape index (κ1) is 21.6. The second-order valence-electron chi connectivity index (χ2n) is 8.08. The van der Waals surface area contributed by atoms with E-state index in [1.54, 1.807) is 36.4 Å². The van der Waals surface area contributed by atoms with Gasteiger partial charge >= 0.3 is 0 Å². The van der Waals surface area contributed by atoms with Crippen molar-refractivity contribution in [1.82, 2.24) is 4.98 Å². The van der Waals surface area contributed by atoms with Gasteiger partial charge in [0.25, 0.3) is 11.6 Å². The van der Waals surface area contributed by atoms with Crippen LogP contribution in [0, 0.1) is 17.0 Å². The van der Waals surface area contributed by atoms with Gasteiger partial charge in [-0.2, -0.15) is 0 Å². The number of carbonyl (C=O) groups excluding carboxylic acids is 1. The van der Waals surface area contributed by atoms with Gasteiger partial charge in [0.2, 0.25) is 5.89 Å². The molecule has 9 nitrogen and oxygen atoms in total. The summed E-state index contributed by atoms with van der Waals surface area (Å²) in [5.74, 6) is 0.0644. The van der Waals surface area contributed by atoms with Crippen molar-refractivity contribution in [2.24, 2.45) is 0 Å². The first-order valence-electron chi connectivity index (χ1n) is 10.9. The molecule has 34 heavy (non-hydrogen) atoms. The van der Waals surface area contributed by atoms with Gasteiger partial charge in [0, 0.05) is 36.0 Å². The molecular formula is C25H22N4O5. The van der Waals surface area contributed by atoms with Crippen LogP contribution in [-0.2, 0) is 4.74 Å². The quantitative estimate of drug-likeness (QED) is 0.338. The number of nitrogens with one attached hydrogen (secondary N) is 1. The molecule has 4 aromatic rings. The Morgan fingerprint density at radius 2 is 1.82 bits per heavy atom. The molecule has 1 aliphatic rings. The summed E-state index contributed by atoms with van der Waals surface area (Å²) in [7, 11) is 0. The zero-order valence-corrected chi connectivity index (χ0v) is 18.5. The second-order valence-corrected chi connectivity index (χ2v) is 8.08. The van der Waals surface area contributed by atoms with E-state index < -0.39 is 10.8 Å². The number of hydrogen-bond acceptors (Lipinski definition) is 7. The summed E-state index contributed by atoms with van der Waals surface area (Å²) in [6.45, 7) is 4.15. The molecule has 0 unspecified atom stereocenters. The van der Waals surface area contributed by atoms with Crippen LogP contribution < -0.4 is 10.2 Å². The van der Waals surface area contributed by atoms with E-state index in [1.165, 1.54) is 6.07 Å². The van der Waals surface area contributed by atoms with Gasteiger partial charge in [-0.15, -0.1) is 0 Å². The first-order valence-corrected chi connectivity index (χ1v) is 10.9. The van der Waals surface area contributed by atoms with Crippen molar-refractivity contribution in [3.8, 4) is 11.5 Å². The van der Waals surface area contributed by atoms with Gasteiger partial charge in [-0.1, -0.05) is 6.07 Å². The zero-order valence-electron chi connectivity index (χ0n) is 18.5. The number of rotatable bonds is 5. The largest absolute Gasteiger partial charge is 0.436 e. The average Bonchev–Trinajstić information content (AvgIpc) is 3.28. The van der Waals surface area contributed by atoms with Gasteiger partial charge in [0.1, 0.15) is 11.2 Å². The van der Waals surface area contributed by atoms with Crippen LogP contribution in [0.15, 0.2) is 65.1 Å². The Kier molecular flexibility index (Phi) is 5.69. The minimum absolute atomic E-state index is 0.101. The fourth-order valence-corrected chi connectivity index (χ4v) is 3.94. The fourth-order valence-electron chi connectivity index (χ4n) is 3.94. The maximum absolute atomic E-state index is 12.8. The highest BCUT2D eigenvalue weighted by Crippen LogP contribution is 2.31. The van der Waals surface area contributed by atoms with Crippen molar-refractivity contribution in [1.29, 1.82) is 0 Å². The molecule has 1 aromatic heterocycles. The molecule has 0 aliphatic carbocycles. The summed E-state index contributed by atoms with van der Waals surface area (Å²) in [4.78, 5) is 30.4. The van der Waals surface area contributed by atoms with E-state index in [-0.39, 0.29) is 11.3 Å². The summed E-state index contributed by atoms with van der Waals surface area (Å²) >= 11 is 0. The van der Waals surface area contributed by atoms with Crippen molar-refractivity contribution in [3.63, 3.8) is 0 Å². The monoisotopic (exact) mass is 458 g/mol. The Bertz CT molecular complexity index is 1370. The molecule has 0 spiro atoms. The third-order valence-corrected chi connectivity index (χ3v) is 5.72. The predicted molar refractivity (Wildman–Crippen MR) is 128 cm³/mol. The molecule has 1 N–H and O–H groups in total. The van der Waals surface area contributed by atoms with Crippen LogP contribution in [0.5, 0.6) is 0 Å². The van der Waals surface area contributed by atoms with E-state index in [0.717, 1.165) is 22.2 Å². The molecule has 0 bridgehead atoms. The predicted octanol–water partition coefficient (Wildman–Crippen LogP) is 4.80. The molecule has 2 heterocycles. The Hall–Kier alpha value is -4.24.